The van der Waals surface area contributed by atoms with Crippen LogP contribution in [0.5, 0.6) is 0 Å². The van der Waals surface area contributed by atoms with Gasteiger partial charge in [-0.05, 0) is 0 Å². The third-order valence-corrected chi connectivity index (χ3v) is 0.575. The van der Waals surface area contributed by atoms with Crippen LogP contribution in [0.25, 0.3) is 0 Å². The van der Waals surface area contributed by atoms with E-state index in [1.165, 1.54) is 0 Å². The second-order valence-electron chi connectivity index (χ2n) is 1.69. The van der Waals surface area contributed by atoms with Gasteiger partial charge in [0.1, 0.15) is 11.9 Å². The Balaban J connectivity index is -0.000000143. The van der Waals surface area contributed by atoms with E-state index in [-0.39, 0.29) is 16.5 Å². The number of carbonyl (C=O) groups excluding carboxylic acids is 4. The molecule has 0 heterocycles. The molecule has 0 aliphatic carbocycles. The molecule has 0 aromatic carbocycles. The first-order valence-corrected chi connectivity index (χ1v) is 2.72. The third-order valence-electron chi connectivity index (χ3n) is 0.575. The van der Waals surface area contributed by atoms with Crippen LogP contribution >= 0.6 is 0 Å². The van der Waals surface area contributed by atoms with Crippen molar-refractivity contribution in [3.8, 4) is 0 Å². The van der Waals surface area contributed by atoms with Crippen LogP contribution in [-0.2, 0) is 35.7 Å². The normalized spacial score (nSPS) is 6.92. The number of rotatable bonds is 2. The number of hydrogen-bond acceptors (Lipinski definition) is 6. The number of carboxylic acids is 2. The van der Waals surface area contributed by atoms with E-state index in [1.807, 2.05) is 0 Å². The van der Waals surface area contributed by atoms with E-state index in [9.17, 15) is 29.4 Å². The third kappa shape index (κ3) is 18.1. The predicted molar refractivity (Wildman–Crippen MR) is 31.4 cm³/mol. The molecule has 0 radical (unpaired) electrons. The number of aliphatic carboxylic acids is 2. The topological polar surface area (TPSA) is 114 Å². The molecule has 0 aromatic rings. The number of Topliss-reactive ketones (excluding diaryl/α,β-unsaturated/α-hetero) is 2. The average Bonchev–Trinajstić information content (AvgIpc) is 1.88. The maximum Gasteiger partial charge on any atom is 2.00 e. The first kappa shape index (κ1) is 17.8. The maximum absolute atomic E-state index is 9.48. The van der Waals surface area contributed by atoms with Gasteiger partial charge in [0.05, 0.1) is 0 Å². The summed E-state index contributed by atoms with van der Waals surface area (Å²) in [5, 5.41) is 18.5. The number of hydrogen-bond donors (Lipinski definition) is 0. The fraction of sp³-hybridized carbons (Fsp3) is 0.333. The Morgan fingerprint density at radius 1 is 0.769 bits per heavy atom. The van der Waals surface area contributed by atoms with Gasteiger partial charge >= 0.3 is 16.5 Å². The minimum atomic E-state index is -1.63. The molecule has 0 aromatic heterocycles. The number of carboxylic acid groups (broad SMARTS) is 2. The summed E-state index contributed by atoms with van der Waals surface area (Å²) in [5.41, 5.74) is 0. The van der Waals surface area contributed by atoms with Crippen molar-refractivity contribution in [3.63, 3.8) is 0 Å². The Hall–Kier alpha value is -1.23. The van der Waals surface area contributed by atoms with Gasteiger partial charge in [-0.3, -0.25) is 9.59 Å². The van der Waals surface area contributed by atoms with Crippen LogP contribution in [0, 0.1) is 0 Å². The van der Waals surface area contributed by atoms with E-state index >= 15 is 0 Å². The monoisotopic (exact) mass is 232 g/mol. The fourth-order valence-corrected chi connectivity index (χ4v) is 0. The van der Waals surface area contributed by atoms with E-state index in [0.717, 1.165) is 13.8 Å². The summed E-state index contributed by atoms with van der Waals surface area (Å²) < 4.78 is 0. The summed E-state index contributed by atoms with van der Waals surface area (Å²) in [7, 11) is 0. The molecule has 0 saturated carbocycles. The second kappa shape index (κ2) is 8.87. The van der Waals surface area contributed by atoms with Crippen LogP contribution in [0.3, 0.4) is 0 Å². The predicted octanol–water partition coefficient (Wildman–Crippen LogP) is -3.35. The molecule has 76 valence electrons. The molecule has 0 amide bonds. The van der Waals surface area contributed by atoms with Crippen LogP contribution in [0.2, 0.25) is 0 Å². The number of ketones is 2. The molecule has 0 unspecified atom stereocenters. The maximum atomic E-state index is 9.48. The van der Waals surface area contributed by atoms with Gasteiger partial charge in [-0.15, -0.1) is 0 Å². The van der Waals surface area contributed by atoms with Crippen LogP contribution in [0.15, 0.2) is 0 Å². The van der Waals surface area contributed by atoms with E-state index in [4.69, 9.17) is 0 Å². The Kier molecular flexibility index (Phi) is 12.1. The molecular formula is C6H6NiO6. The molecule has 7 heteroatoms. The molecule has 0 aliphatic rings. The van der Waals surface area contributed by atoms with Crippen molar-refractivity contribution in [1.82, 2.24) is 0 Å². The molecule has 6 nitrogen and oxygen atoms in total. The molecule has 13 heavy (non-hydrogen) atoms. The van der Waals surface area contributed by atoms with Gasteiger partial charge in [0.15, 0.2) is 11.6 Å². The van der Waals surface area contributed by atoms with Crippen LogP contribution < -0.4 is 10.2 Å². The second-order valence-corrected chi connectivity index (χ2v) is 1.69. The van der Waals surface area contributed by atoms with Crippen molar-refractivity contribution in [1.29, 1.82) is 0 Å². The smallest absolute Gasteiger partial charge is 0.542 e. The average molecular weight is 233 g/mol. The minimum Gasteiger partial charge on any atom is -0.542 e. The Labute approximate surface area is 83.9 Å². The van der Waals surface area contributed by atoms with Crippen LogP contribution in [-0.4, -0.2) is 23.5 Å². The molecule has 0 N–H and O–H groups in total. The molecule has 0 rings (SSSR count). The summed E-state index contributed by atoms with van der Waals surface area (Å²) >= 11 is 0. The van der Waals surface area contributed by atoms with Gasteiger partial charge in [0.25, 0.3) is 0 Å². The first-order chi connectivity index (χ1) is 5.29. The molecule has 0 atom stereocenters. The zero-order chi connectivity index (χ0) is 10.3. The van der Waals surface area contributed by atoms with Crippen molar-refractivity contribution >= 4 is 23.5 Å². The zero-order valence-corrected chi connectivity index (χ0v) is 7.75. The summed E-state index contributed by atoms with van der Waals surface area (Å²) in [5.74, 6) is -5.13. The van der Waals surface area contributed by atoms with Gasteiger partial charge in [0.2, 0.25) is 0 Å². The van der Waals surface area contributed by atoms with Gasteiger partial charge in [-0.2, -0.15) is 0 Å². The van der Waals surface area contributed by atoms with Crippen molar-refractivity contribution in [2.45, 2.75) is 13.8 Å². The number of carbonyl (C=O) groups is 4. The summed E-state index contributed by atoms with van der Waals surface area (Å²) in [4.78, 5) is 37.4. The van der Waals surface area contributed by atoms with Crippen LogP contribution in [0.1, 0.15) is 13.8 Å². The minimum absolute atomic E-state index is 0. The van der Waals surface area contributed by atoms with Crippen molar-refractivity contribution in [3.05, 3.63) is 0 Å². The Bertz CT molecular complexity index is 173. The van der Waals surface area contributed by atoms with E-state index in [1.54, 1.807) is 0 Å². The van der Waals surface area contributed by atoms with Crippen molar-refractivity contribution in [2.75, 3.05) is 0 Å². The zero-order valence-electron chi connectivity index (χ0n) is 6.77. The summed E-state index contributed by atoms with van der Waals surface area (Å²) in [6.45, 7) is 1.88. The van der Waals surface area contributed by atoms with Crippen molar-refractivity contribution < 1.29 is 45.9 Å². The largest absolute Gasteiger partial charge is 2.00 e. The fourth-order valence-electron chi connectivity index (χ4n) is 0. The van der Waals surface area contributed by atoms with Crippen molar-refractivity contribution in [2.24, 2.45) is 0 Å². The summed E-state index contributed by atoms with van der Waals surface area (Å²) in [6, 6.07) is 0. The quantitative estimate of drug-likeness (QED) is 0.363. The SMILES string of the molecule is CC(=O)C(=O)[O-].CC(=O)C(=O)[O-].[Ni+2]. The summed E-state index contributed by atoms with van der Waals surface area (Å²) in [6.07, 6.45) is 0. The Morgan fingerprint density at radius 2 is 0.846 bits per heavy atom. The Morgan fingerprint density at radius 3 is 0.846 bits per heavy atom. The van der Waals surface area contributed by atoms with Gasteiger partial charge in [0, 0.05) is 13.8 Å². The van der Waals surface area contributed by atoms with E-state index in [2.05, 4.69) is 0 Å². The van der Waals surface area contributed by atoms with Gasteiger partial charge in [-0.1, -0.05) is 0 Å². The van der Waals surface area contributed by atoms with Gasteiger partial charge in [-0.25, -0.2) is 0 Å². The molecule has 0 fully saturated rings. The molecule has 0 spiro atoms. The standard InChI is InChI=1S/2C3H4O3.Ni/c2*1-2(4)3(5)6;/h2*1H3,(H,5,6);/q;;+2/p-2. The molecule has 0 aliphatic heterocycles. The van der Waals surface area contributed by atoms with Gasteiger partial charge < -0.3 is 19.8 Å². The van der Waals surface area contributed by atoms with E-state index in [0.29, 0.717) is 0 Å². The molecular weight excluding hydrogens is 227 g/mol. The van der Waals surface area contributed by atoms with E-state index < -0.39 is 23.5 Å². The molecule has 0 saturated heterocycles. The molecule has 0 bridgehead atoms. The van der Waals surface area contributed by atoms with Crippen LogP contribution in [0.4, 0.5) is 0 Å². The first-order valence-electron chi connectivity index (χ1n) is 2.72.